The van der Waals surface area contributed by atoms with Crippen molar-refractivity contribution < 1.29 is 9.13 Å². The number of nitrogens with zero attached hydrogens (tertiary/aromatic N) is 3. The molecule has 28 heavy (non-hydrogen) atoms. The van der Waals surface area contributed by atoms with Gasteiger partial charge in [0.2, 0.25) is 0 Å². The molecule has 0 unspecified atom stereocenters. The van der Waals surface area contributed by atoms with E-state index in [1.54, 1.807) is 37.2 Å². The number of aryl methyl sites for hydroxylation is 1. The van der Waals surface area contributed by atoms with Crippen LogP contribution in [0.25, 0.3) is 5.69 Å². The summed E-state index contributed by atoms with van der Waals surface area (Å²) >= 11 is 0. The van der Waals surface area contributed by atoms with Crippen molar-refractivity contribution in [3.05, 3.63) is 77.6 Å². The monoisotopic (exact) mass is 381 g/mol. The predicted octanol–water partition coefficient (Wildman–Crippen LogP) is 3.19. The van der Waals surface area contributed by atoms with Gasteiger partial charge in [-0.15, -0.1) is 0 Å². The first kappa shape index (κ1) is 19.4. The fourth-order valence-electron chi connectivity index (χ4n) is 2.86. The van der Waals surface area contributed by atoms with E-state index in [0.29, 0.717) is 24.7 Å². The fraction of sp³-hybridized carbons (Fsp3) is 0.238. The van der Waals surface area contributed by atoms with Gasteiger partial charge < -0.3 is 19.9 Å². The van der Waals surface area contributed by atoms with Crippen LogP contribution in [0.3, 0.4) is 0 Å². The van der Waals surface area contributed by atoms with Crippen LogP contribution in [0.2, 0.25) is 0 Å². The molecule has 1 aromatic heterocycles. The summed E-state index contributed by atoms with van der Waals surface area (Å²) in [5.74, 6) is 1.90. The lowest BCUT2D eigenvalue weighted by molar-refractivity contribution is 0.414. The summed E-state index contributed by atoms with van der Waals surface area (Å²) in [4.78, 5) is 8.35. The van der Waals surface area contributed by atoms with Crippen molar-refractivity contribution in [2.75, 3.05) is 14.2 Å². The molecule has 3 aromatic rings. The van der Waals surface area contributed by atoms with Crippen molar-refractivity contribution in [3.8, 4) is 11.4 Å². The molecule has 1 heterocycles. The summed E-state index contributed by atoms with van der Waals surface area (Å²) in [6.07, 6.45) is 3.40. The van der Waals surface area contributed by atoms with Gasteiger partial charge in [0, 0.05) is 32.5 Å². The molecular formula is C21H24FN5O. The van der Waals surface area contributed by atoms with Crippen LogP contribution in [0.1, 0.15) is 17.0 Å². The second kappa shape index (κ2) is 9.03. The Balaban J connectivity index is 1.59. The van der Waals surface area contributed by atoms with Crippen LogP contribution in [0.5, 0.6) is 5.75 Å². The number of imidazole rings is 1. The number of benzene rings is 2. The maximum absolute atomic E-state index is 14.5. The Kier molecular flexibility index (Phi) is 6.26. The van der Waals surface area contributed by atoms with E-state index in [0.717, 1.165) is 22.7 Å². The van der Waals surface area contributed by atoms with Crippen LogP contribution in [0.4, 0.5) is 4.39 Å². The number of guanidine groups is 1. The van der Waals surface area contributed by atoms with Crippen LogP contribution in [-0.2, 0) is 13.1 Å². The summed E-state index contributed by atoms with van der Waals surface area (Å²) in [7, 11) is 3.35. The topological polar surface area (TPSA) is 63.5 Å². The van der Waals surface area contributed by atoms with Crippen molar-refractivity contribution in [2.24, 2.45) is 4.99 Å². The molecule has 0 aliphatic carbocycles. The van der Waals surface area contributed by atoms with Crippen LogP contribution >= 0.6 is 0 Å². The first-order chi connectivity index (χ1) is 13.6. The quantitative estimate of drug-likeness (QED) is 0.508. The highest BCUT2D eigenvalue weighted by Crippen LogP contribution is 2.17. The lowest BCUT2D eigenvalue weighted by Crippen LogP contribution is -2.36. The molecule has 6 nitrogen and oxygen atoms in total. The van der Waals surface area contributed by atoms with E-state index in [-0.39, 0.29) is 5.82 Å². The van der Waals surface area contributed by atoms with Crippen molar-refractivity contribution in [2.45, 2.75) is 20.0 Å². The molecule has 0 aliphatic rings. The maximum atomic E-state index is 14.5. The Bertz CT molecular complexity index is 967. The Morgan fingerprint density at radius 2 is 1.89 bits per heavy atom. The van der Waals surface area contributed by atoms with E-state index in [2.05, 4.69) is 20.6 Å². The number of nitrogens with one attached hydrogen (secondary N) is 2. The number of halogens is 1. The van der Waals surface area contributed by atoms with Crippen LogP contribution < -0.4 is 15.4 Å². The van der Waals surface area contributed by atoms with Crippen molar-refractivity contribution >= 4 is 5.96 Å². The van der Waals surface area contributed by atoms with Gasteiger partial charge in [-0.2, -0.15) is 0 Å². The number of aromatic nitrogens is 2. The largest absolute Gasteiger partial charge is 0.497 e. The smallest absolute Gasteiger partial charge is 0.191 e. The minimum Gasteiger partial charge on any atom is -0.497 e. The van der Waals surface area contributed by atoms with Gasteiger partial charge in [-0.05, 0) is 42.3 Å². The van der Waals surface area contributed by atoms with Gasteiger partial charge in [0.15, 0.2) is 5.96 Å². The molecule has 0 bridgehead atoms. The maximum Gasteiger partial charge on any atom is 0.191 e. The van der Waals surface area contributed by atoms with Crippen LogP contribution in [0.15, 0.2) is 59.9 Å². The standard InChI is InChI=1S/C21H24FN5O/c1-15-24-9-10-27(15)20-8-7-17(12-19(20)22)14-26-21(23-2)25-13-16-5-4-6-18(11-16)28-3/h4-12H,13-14H2,1-3H3,(H2,23,25,26). The molecule has 2 aromatic carbocycles. The summed E-state index contributed by atoms with van der Waals surface area (Å²) in [5.41, 5.74) is 2.39. The number of ether oxygens (including phenoxy) is 1. The molecule has 7 heteroatoms. The normalized spacial score (nSPS) is 11.4. The highest BCUT2D eigenvalue weighted by molar-refractivity contribution is 5.79. The lowest BCUT2D eigenvalue weighted by atomic mass is 10.2. The summed E-state index contributed by atoms with van der Waals surface area (Å²) in [6, 6.07) is 13.0. The third-order valence-corrected chi connectivity index (χ3v) is 4.38. The van der Waals surface area contributed by atoms with Gasteiger partial charge in [0.1, 0.15) is 17.4 Å². The second-order valence-electron chi connectivity index (χ2n) is 6.26. The number of methoxy groups -OCH3 is 1. The Labute approximate surface area is 164 Å². The Morgan fingerprint density at radius 3 is 2.50 bits per heavy atom. The number of aliphatic imine (C=N–C) groups is 1. The summed E-state index contributed by atoms with van der Waals surface area (Å²) in [6.45, 7) is 2.90. The zero-order valence-corrected chi connectivity index (χ0v) is 16.2. The number of hydrogen-bond acceptors (Lipinski definition) is 3. The lowest BCUT2D eigenvalue weighted by Gasteiger charge is -2.13. The SMILES string of the molecule is CN=C(NCc1cccc(OC)c1)NCc1ccc(-n2ccnc2C)c(F)c1. The highest BCUT2D eigenvalue weighted by Gasteiger charge is 2.08. The van der Waals surface area contributed by atoms with E-state index in [4.69, 9.17) is 4.74 Å². The van der Waals surface area contributed by atoms with Crippen molar-refractivity contribution in [1.29, 1.82) is 0 Å². The third kappa shape index (κ3) is 4.68. The fourth-order valence-corrected chi connectivity index (χ4v) is 2.86. The van der Waals surface area contributed by atoms with Crippen molar-refractivity contribution in [1.82, 2.24) is 20.2 Å². The van der Waals surface area contributed by atoms with Gasteiger partial charge >= 0.3 is 0 Å². The molecule has 0 fully saturated rings. The highest BCUT2D eigenvalue weighted by atomic mass is 19.1. The molecule has 3 rings (SSSR count). The van der Waals surface area contributed by atoms with Crippen LogP contribution in [-0.4, -0.2) is 29.7 Å². The predicted molar refractivity (Wildman–Crippen MR) is 108 cm³/mol. The zero-order valence-electron chi connectivity index (χ0n) is 16.2. The molecule has 0 saturated carbocycles. The number of hydrogen-bond donors (Lipinski definition) is 2. The summed E-state index contributed by atoms with van der Waals surface area (Å²) < 4.78 is 21.5. The van der Waals surface area contributed by atoms with E-state index in [9.17, 15) is 4.39 Å². The van der Waals surface area contributed by atoms with E-state index in [1.807, 2.05) is 37.3 Å². The van der Waals surface area contributed by atoms with Gasteiger partial charge in [0.25, 0.3) is 0 Å². The van der Waals surface area contributed by atoms with Gasteiger partial charge in [0.05, 0.1) is 12.8 Å². The minimum absolute atomic E-state index is 0.292. The average molecular weight is 381 g/mol. The minimum atomic E-state index is -0.292. The Morgan fingerprint density at radius 1 is 1.14 bits per heavy atom. The molecular weight excluding hydrogens is 357 g/mol. The molecule has 0 radical (unpaired) electrons. The van der Waals surface area contributed by atoms with E-state index >= 15 is 0 Å². The van der Waals surface area contributed by atoms with E-state index in [1.165, 1.54) is 6.07 Å². The van der Waals surface area contributed by atoms with Crippen molar-refractivity contribution in [3.63, 3.8) is 0 Å². The molecule has 0 aliphatic heterocycles. The second-order valence-corrected chi connectivity index (χ2v) is 6.26. The average Bonchev–Trinajstić information content (AvgIpc) is 3.14. The van der Waals surface area contributed by atoms with Gasteiger partial charge in [-0.25, -0.2) is 9.37 Å². The molecule has 2 N–H and O–H groups in total. The molecule has 0 atom stereocenters. The van der Waals surface area contributed by atoms with E-state index < -0.39 is 0 Å². The zero-order chi connectivity index (χ0) is 19.9. The molecule has 0 saturated heterocycles. The number of rotatable bonds is 6. The third-order valence-electron chi connectivity index (χ3n) is 4.38. The van der Waals surface area contributed by atoms with Gasteiger partial charge in [-0.1, -0.05) is 18.2 Å². The molecule has 146 valence electrons. The van der Waals surface area contributed by atoms with Crippen LogP contribution in [0, 0.1) is 12.7 Å². The first-order valence-electron chi connectivity index (χ1n) is 8.97. The Hall–Kier alpha value is -3.35. The summed E-state index contributed by atoms with van der Waals surface area (Å²) in [5, 5.41) is 6.44. The molecule has 0 amide bonds. The first-order valence-corrected chi connectivity index (χ1v) is 8.97. The molecule has 0 spiro atoms. The van der Waals surface area contributed by atoms with Gasteiger partial charge in [-0.3, -0.25) is 4.99 Å².